The summed E-state index contributed by atoms with van der Waals surface area (Å²) in [6.45, 7) is 0.402. The molecule has 1 heterocycles. The number of phenolic OH excluding ortho intramolecular Hbond substituents is 1. The van der Waals surface area contributed by atoms with Crippen LogP contribution >= 0.6 is 0 Å². The van der Waals surface area contributed by atoms with Crippen LogP contribution in [-0.4, -0.2) is 17.6 Å². The van der Waals surface area contributed by atoms with Crippen LogP contribution in [0, 0.1) is 0 Å². The summed E-state index contributed by atoms with van der Waals surface area (Å²) in [6, 6.07) is 4.10. The molecule has 0 saturated heterocycles. The maximum Gasteiger partial charge on any atom is 0.254 e. The van der Waals surface area contributed by atoms with E-state index in [0.29, 0.717) is 13.0 Å². The molecule has 2 N–H and O–H groups in total. The second-order valence-electron chi connectivity index (χ2n) is 3.48. The van der Waals surface area contributed by atoms with Crippen molar-refractivity contribution in [3.8, 4) is 5.75 Å². The number of benzene rings is 1. The molecule has 1 aliphatic heterocycles. The van der Waals surface area contributed by atoms with Crippen molar-refractivity contribution in [2.75, 3.05) is 0 Å². The Morgan fingerprint density at radius 2 is 2.14 bits per heavy atom. The van der Waals surface area contributed by atoms with E-state index in [1.807, 2.05) is 0 Å². The maximum absolute atomic E-state index is 12.4. The SMILES string of the molecule is Oc1ccc2c(c1)CNC(C(F)F)C2. The summed E-state index contributed by atoms with van der Waals surface area (Å²) in [6.07, 6.45) is -2.01. The average molecular weight is 199 g/mol. The van der Waals surface area contributed by atoms with Crippen LogP contribution in [0.25, 0.3) is 0 Å². The average Bonchev–Trinajstić information content (AvgIpc) is 2.16. The fourth-order valence-corrected chi connectivity index (χ4v) is 1.70. The minimum absolute atomic E-state index is 0.182. The van der Waals surface area contributed by atoms with Gasteiger partial charge < -0.3 is 10.4 Å². The van der Waals surface area contributed by atoms with Gasteiger partial charge >= 0.3 is 0 Å². The molecule has 1 aromatic carbocycles. The molecule has 1 unspecified atom stereocenters. The Morgan fingerprint density at radius 1 is 1.36 bits per heavy atom. The number of aromatic hydroxyl groups is 1. The summed E-state index contributed by atoms with van der Waals surface area (Å²) in [7, 11) is 0. The van der Waals surface area contributed by atoms with Gasteiger partial charge in [-0.25, -0.2) is 8.78 Å². The van der Waals surface area contributed by atoms with Crippen LogP contribution in [0.3, 0.4) is 0 Å². The van der Waals surface area contributed by atoms with Gasteiger partial charge in [0.1, 0.15) is 5.75 Å². The molecule has 0 radical (unpaired) electrons. The number of phenols is 1. The third-order valence-corrected chi connectivity index (χ3v) is 2.49. The summed E-state index contributed by atoms with van der Waals surface area (Å²) < 4.78 is 24.8. The highest BCUT2D eigenvalue weighted by Gasteiger charge is 2.25. The van der Waals surface area contributed by atoms with E-state index < -0.39 is 12.5 Å². The van der Waals surface area contributed by atoms with Gasteiger partial charge in [0.25, 0.3) is 6.43 Å². The number of rotatable bonds is 1. The molecule has 76 valence electrons. The lowest BCUT2D eigenvalue weighted by molar-refractivity contribution is 0.0941. The molecule has 1 aliphatic rings. The summed E-state index contributed by atoms with van der Waals surface area (Å²) in [5.74, 6) is 0.182. The summed E-state index contributed by atoms with van der Waals surface area (Å²) in [4.78, 5) is 0. The van der Waals surface area contributed by atoms with Gasteiger partial charge in [-0.3, -0.25) is 0 Å². The third-order valence-electron chi connectivity index (χ3n) is 2.49. The maximum atomic E-state index is 12.4. The quantitative estimate of drug-likeness (QED) is 0.721. The molecular weight excluding hydrogens is 188 g/mol. The molecule has 0 saturated carbocycles. The fourth-order valence-electron chi connectivity index (χ4n) is 1.70. The number of hydrogen-bond donors (Lipinski definition) is 2. The van der Waals surface area contributed by atoms with E-state index in [1.165, 1.54) is 6.07 Å². The lowest BCUT2D eigenvalue weighted by atomic mass is 9.96. The largest absolute Gasteiger partial charge is 0.508 e. The smallest absolute Gasteiger partial charge is 0.254 e. The van der Waals surface area contributed by atoms with Crippen LogP contribution in [0.4, 0.5) is 8.78 Å². The third kappa shape index (κ3) is 1.70. The molecule has 0 aromatic heterocycles. The van der Waals surface area contributed by atoms with Crippen molar-refractivity contribution >= 4 is 0 Å². The van der Waals surface area contributed by atoms with Crippen LogP contribution in [-0.2, 0) is 13.0 Å². The predicted molar refractivity (Wildman–Crippen MR) is 48.4 cm³/mol. The second kappa shape index (κ2) is 3.53. The highest BCUT2D eigenvalue weighted by atomic mass is 19.3. The second-order valence-corrected chi connectivity index (χ2v) is 3.48. The lowest BCUT2D eigenvalue weighted by Crippen LogP contribution is -2.40. The van der Waals surface area contributed by atoms with Gasteiger partial charge in [0.2, 0.25) is 0 Å². The molecule has 0 amide bonds. The van der Waals surface area contributed by atoms with Crippen molar-refractivity contribution in [2.45, 2.75) is 25.4 Å². The Balaban J connectivity index is 2.23. The Bertz CT molecular complexity index is 341. The number of hydrogen-bond acceptors (Lipinski definition) is 2. The molecule has 0 spiro atoms. The molecule has 2 rings (SSSR count). The van der Waals surface area contributed by atoms with Crippen LogP contribution in [0.1, 0.15) is 11.1 Å². The van der Waals surface area contributed by atoms with Crippen molar-refractivity contribution < 1.29 is 13.9 Å². The Morgan fingerprint density at radius 3 is 2.86 bits per heavy atom. The van der Waals surface area contributed by atoms with Gasteiger partial charge in [-0.2, -0.15) is 0 Å². The van der Waals surface area contributed by atoms with Gasteiger partial charge in [-0.1, -0.05) is 6.07 Å². The van der Waals surface area contributed by atoms with E-state index in [2.05, 4.69) is 5.32 Å². The molecule has 0 bridgehead atoms. The standard InChI is InChI=1S/C10H11F2NO/c11-10(12)9-4-6-1-2-8(14)3-7(6)5-13-9/h1-3,9-10,13-14H,4-5H2. The highest BCUT2D eigenvalue weighted by molar-refractivity contribution is 5.36. The molecule has 14 heavy (non-hydrogen) atoms. The molecule has 1 atom stereocenters. The molecular formula is C10H11F2NO. The van der Waals surface area contributed by atoms with E-state index in [4.69, 9.17) is 0 Å². The Kier molecular flexibility index (Phi) is 2.37. The zero-order valence-electron chi connectivity index (χ0n) is 7.50. The molecule has 2 nitrogen and oxygen atoms in total. The van der Waals surface area contributed by atoms with Gasteiger partial charge in [0.05, 0.1) is 6.04 Å². The summed E-state index contributed by atoms with van der Waals surface area (Å²) >= 11 is 0. The first-order valence-corrected chi connectivity index (χ1v) is 4.49. The molecule has 0 fully saturated rings. The van der Waals surface area contributed by atoms with E-state index in [-0.39, 0.29) is 5.75 Å². The van der Waals surface area contributed by atoms with Crippen LogP contribution in [0.5, 0.6) is 5.75 Å². The number of nitrogens with one attached hydrogen (secondary N) is 1. The van der Waals surface area contributed by atoms with Gasteiger partial charge in [0, 0.05) is 6.54 Å². The Labute approximate surface area is 80.6 Å². The molecule has 4 heteroatoms. The van der Waals surface area contributed by atoms with Crippen molar-refractivity contribution in [3.05, 3.63) is 29.3 Å². The molecule has 0 aliphatic carbocycles. The van der Waals surface area contributed by atoms with Crippen LogP contribution in [0.2, 0.25) is 0 Å². The predicted octanol–water partition coefficient (Wildman–Crippen LogP) is 1.67. The fraction of sp³-hybridized carbons (Fsp3) is 0.400. The molecule has 1 aromatic rings. The lowest BCUT2D eigenvalue weighted by Gasteiger charge is -2.25. The van der Waals surface area contributed by atoms with Crippen LogP contribution < -0.4 is 5.32 Å². The van der Waals surface area contributed by atoms with Crippen LogP contribution in [0.15, 0.2) is 18.2 Å². The minimum Gasteiger partial charge on any atom is -0.508 e. The first-order chi connectivity index (χ1) is 6.66. The number of alkyl halides is 2. The van der Waals surface area contributed by atoms with Gasteiger partial charge in [0.15, 0.2) is 0 Å². The van der Waals surface area contributed by atoms with Crippen molar-refractivity contribution in [2.24, 2.45) is 0 Å². The zero-order chi connectivity index (χ0) is 10.1. The van der Waals surface area contributed by atoms with Gasteiger partial charge in [-0.15, -0.1) is 0 Å². The van der Waals surface area contributed by atoms with E-state index in [1.54, 1.807) is 12.1 Å². The highest BCUT2D eigenvalue weighted by Crippen LogP contribution is 2.23. The van der Waals surface area contributed by atoms with E-state index in [0.717, 1.165) is 11.1 Å². The summed E-state index contributed by atoms with van der Waals surface area (Å²) in [5.41, 5.74) is 1.80. The number of fused-ring (bicyclic) bond motifs is 1. The van der Waals surface area contributed by atoms with E-state index in [9.17, 15) is 13.9 Å². The minimum atomic E-state index is -2.34. The van der Waals surface area contributed by atoms with Crippen molar-refractivity contribution in [1.82, 2.24) is 5.32 Å². The van der Waals surface area contributed by atoms with Crippen molar-refractivity contribution in [3.63, 3.8) is 0 Å². The normalized spacial score (nSPS) is 20.9. The number of halogens is 2. The first kappa shape index (κ1) is 9.40. The van der Waals surface area contributed by atoms with Gasteiger partial charge in [-0.05, 0) is 29.7 Å². The monoisotopic (exact) mass is 199 g/mol. The van der Waals surface area contributed by atoms with E-state index >= 15 is 0 Å². The first-order valence-electron chi connectivity index (χ1n) is 4.49. The topological polar surface area (TPSA) is 32.3 Å². The zero-order valence-corrected chi connectivity index (χ0v) is 7.50. The van der Waals surface area contributed by atoms with Crippen molar-refractivity contribution in [1.29, 1.82) is 0 Å². The summed E-state index contributed by atoms with van der Waals surface area (Å²) in [5, 5.41) is 11.9. The Hall–Kier alpha value is -1.16.